The van der Waals surface area contributed by atoms with E-state index in [1.54, 1.807) is 12.1 Å². The van der Waals surface area contributed by atoms with Crippen LogP contribution in [0.3, 0.4) is 0 Å². The fraction of sp³-hybridized carbons (Fsp3) is 0.467. The van der Waals surface area contributed by atoms with Gasteiger partial charge in [-0.3, -0.25) is 9.59 Å². The van der Waals surface area contributed by atoms with Gasteiger partial charge in [0.2, 0.25) is 11.8 Å². The zero-order valence-corrected chi connectivity index (χ0v) is 12.7. The maximum atomic E-state index is 12.1. The molecule has 1 rings (SSSR count). The number of nitrogens with one attached hydrogen (secondary N) is 2. The van der Waals surface area contributed by atoms with Gasteiger partial charge in [-0.2, -0.15) is 0 Å². The van der Waals surface area contributed by atoms with Gasteiger partial charge >= 0.3 is 0 Å². The number of hydrogen-bond donors (Lipinski definition) is 3. The molecule has 1 atom stereocenters. The van der Waals surface area contributed by atoms with Crippen molar-refractivity contribution >= 4 is 23.2 Å². The number of rotatable bonds is 3. The summed E-state index contributed by atoms with van der Waals surface area (Å²) in [7, 11) is 0. The van der Waals surface area contributed by atoms with Gasteiger partial charge in [0.25, 0.3) is 0 Å². The molecule has 0 aromatic heterocycles. The van der Waals surface area contributed by atoms with Crippen molar-refractivity contribution in [1.82, 2.24) is 0 Å². The van der Waals surface area contributed by atoms with Gasteiger partial charge in [0.05, 0.1) is 6.04 Å². The quantitative estimate of drug-likeness (QED) is 0.792. The van der Waals surface area contributed by atoms with E-state index in [0.29, 0.717) is 11.4 Å². The number of aryl methyl sites for hydroxylation is 1. The molecular weight excluding hydrogens is 254 g/mol. The van der Waals surface area contributed by atoms with Gasteiger partial charge in [-0.25, -0.2) is 0 Å². The highest BCUT2D eigenvalue weighted by Crippen LogP contribution is 2.22. The molecule has 0 heterocycles. The minimum Gasteiger partial charge on any atom is -0.326 e. The summed E-state index contributed by atoms with van der Waals surface area (Å²) >= 11 is 0. The van der Waals surface area contributed by atoms with E-state index in [-0.39, 0.29) is 17.2 Å². The molecule has 0 bridgehead atoms. The Kier molecular flexibility index (Phi) is 4.89. The topological polar surface area (TPSA) is 84.2 Å². The molecule has 20 heavy (non-hydrogen) atoms. The van der Waals surface area contributed by atoms with Crippen molar-refractivity contribution in [2.45, 2.75) is 40.7 Å². The number of benzene rings is 1. The molecule has 0 fully saturated rings. The van der Waals surface area contributed by atoms with E-state index in [2.05, 4.69) is 10.6 Å². The summed E-state index contributed by atoms with van der Waals surface area (Å²) in [6.07, 6.45) is 0. The summed E-state index contributed by atoms with van der Waals surface area (Å²) in [5.74, 6) is -0.391. The molecule has 1 aromatic carbocycles. The second-order valence-electron chi connectivity index (χ2n) is 6.04. The lowest BCUT2D eigenvalue weighted by Gasteiger charge is -2.26. The minimum absolute atomic E-state index is 0.150. The first-order valence-corrected chi connectivity index (χ1v) is 6.56. The zero-order chi connectivity index (χ0) is 15.5. The highest BCUT2D eigenvalue weighted by molar-refractivity contribution is 5.96. The lowest BCUT2D eigenvalue weighted by atomic mass is 9.87. The Morgan fingerprint density at radius 1 is 1.20 bits per heavy atom. The Labute approximate surface area is 119 Å². The first kappa shape index (κ1) is 16.2. The van der Waals surface area contributed by atoms with E-state index in [4.69, 9.17) is 5.73 Å². The Hall–Kier alpha value is -1.88. The van der Waals surface area contributed by atoms with Crippen LogP contribution < -0.4 is 16.4 Å². The molecule has 0 spiro atoms. The van der Waals surface area contributed by atoms with Crippen LogP contribution in [0.2, 0.25) is 0 Å². The van der Waals surface area contributed by atoms with Crippen molar-refractivity contribution in [3.8, 4) is 0 Å². The molecule has 5 nitrogen and oxygen atoms in total. The Morgan fingerprint density at radius 3 is 2.30 bits per heavy atom. The molecule has 0 saturated heterocycles. The van der Waals surface area contributed by atoms with Gasteiger partial charge in [-0.1, -0.05) is 26.8 Å². The van der Waals surface area contributed by atoms with E-state index in [9.17, 15) is 9.59 Å². The van der Waals surface area contributed by atoms with E-state index >= 15 is 0 Å². The average molecular weight is 277 g/mol. The summed E-state index contributed by atoms with van der Waals surface area (Å²) in [5, 5.41) is 5.50. The van der Waals surface area contributed by atoms with Gasteiger partial charge in [-0.15, -0.1) is 0 Å². The largest absolute Gasteiger partial charge is 0.326 e. The van der Waals surface area contributed by atoms with Crippen LogP contribution in [-0.2, 0) is 9.59 Å². The summed E-state index contributed by atoms with van der Waals surface area (Å²) < 4.78 is 0. The predicted octanol–water partition coefficient (Wildman–Crippen LogP) is 2.27. The Morgan fingerprint density at radius 2 is 1.80 bits per heavy atom. The van der Waals surface area contributed by atoms with Gasteiger partial charge in [0, 0.05) is 18.3 Å². The number of carbonyl (C=O) groups excluding carboxylic acids is 2. The number of amides is 2. The maximum Gasteiger partial charge on any atom is 0.241 e. The average Bonchev–Trinajstić information content (AvgIpc) is 2.30. The summed E-state index contributed by atoms with van der Waals surface area (Å²) in [6, 6.07) is 4.74. The number of hydrogen-bond acceptors (Lipinski definition) is 3. The molecule has 2 amide bonds. The molecule has 0 aliphatic carbocycles. The summed E-state index contributed by atoms with van der Waals surface area (Å²) in [4.78, 5) is 23.2. The van der Waals surface area contributed by atoms with Crippen molar-refractivity contribution in [3.05, 3.63) is 23.8 Å². The molecule has 1 aromatic rings. The third-order valence-corrected chi connectivity index (χ3v) is 3.03. The fourth-order valence-electron chi connectivity index (χ4n) is 1.64. The van der Waals surface area contributed by atoms with E-state index in [0.717, 1.165) is 5.56 Å². The highest BCUT2D eigenvalue weighted by Gasteiger charge is 2.27. The van der Waals surface area contributed by atoms with Crippen LogP contribution in [0.1, 0.15) is 33.3 Å². The van der Waals surface area contributed by atoms with E-state index < -0.39 is 6.04 Å². The summed E-state index contributed by atoms with van der Waals surface area (Å²) in [5.41, 5.74) is 7.82. The van der Waals surface area contributed by atoms with Crippen LogP contribution in [0.25, 0.3) is 0 Å². The summed E-state index contributed by atoms with van der Waals surface area (Å²) in [6.45, 7) is 9.07. The van der Waals surface area contributed by atoms with E-state index in [1.807, 2.05) is 33.8 Å². The maximum absolute atomic E-state index is 12.1. The van der Waals surface area contributed by atoms with Crippen molar-refractivity contribution < 1.29 is 9.59 Å². The number of nitrogens with two attached hydrogens (primary N) is 1. The molecule has 4 N–H and O–H groups in total. The third kappa shape index (κ3) is 4.35. The Balaban J connectivity index is 2.88. The van der Waals surface area contributed by atoms with Crippen LogP contribution >= 0.6 is 0 Å². The minimum atomic E-state index is -0.604. The Bertz CT molecular complexity index is 518. The van der Waals surface area contributed by atoms with Gasteiger partial charge in [-0.05, 0) is 30.0 Å². The molecule has 0 radical (unpaired) electrons. The van der Waals surface area contributed by atoms with Crippen LogP contribution in [0.4, 0.5) is 11.4 Å². The van der Waals surface area contributed by atoms with Crippen molar-refractivity contribution in [2.75, 3.05) is 10.6 Å². The number of carbonyl (C=O) groups is 2. The van der Waals surface area contributed by atoms with Crippen molar-refractivity contribution in [3.63, 3.8) is 0 Å². The predicted molar refractivity (Wildman–Crippen MR) is 81.5 cm³/mol. The molecule has 0 aliphatic rings. The second kappa shape index (κ2) is 6.05. The molecule has 5 heteroatoms. The number of anilines is 2. The molecular formula is C15H23N3O2. The van der Waals surface area contributed by atoms with Gasteiger partial charge in [0.1, 0.15) is 0 Å². The normalized spacial score (nSPS) is 12.7. The molecule has 0 aliphatic heterocycles. The monoisotopic (exact) mass is 277 g/mol. The van der Waals surface area contributed by atoms with Crippen LogP contribution in [0.15, 0.2) is 18.2 Å². The van der Waals surface area contributed by atoms with Crippen molar-refractivity contribution in [1.29, 1.82) is 0 Å². The molecule has 0 unspecified atom stereocenters. The second-order valence-corrected chi connectivity index (χ2v) is 6.04. The van der Waals surface area contributed by atoms with Gasteiger partial charge < -0.3 is 16.4 Å². The SMILES string of the molecule is CC(=O)Nc1cc(NC(=O)[C@@H](N)C(C)(C)C)ccc1C. The first-order valence-electron chi connectivity index (χ1n) is 6.56. The molecule has 0 saturated carbocycles. The first-order chi connectivity index (χ1) is 9.11. The third-order valence-electron chi connectivity index (χ3n) is 3.03. The van der Waals surface area contributed by atoms with Crippen LogP contribution in [0, 0.1) is 12.3 Å². The van der Waals surface area contributed by atoms with Crippen molar-refractivity contribution in [2.24, 2.45) is 11.1 Å². The fourth-order valence-corrected chi connectivity index (χ4v) is 1.64. The lowest BCUT2D eigenvalue weighted by Crippen LogP contribution is -2.45. The van der Waals surface area contributed by atoms with Gasteiger partial charge in [0.15, 0.2) is 0 Å². The lowest BCUT2D eigenvalue weighted by molar-refractivity contribution is -0.119. The van der Waals surface area contributed by atoms with E-state index in [1.165, 1.54) is 6.92 Å². The standard InChI is InChI=1S/C15H23N3O2/c1-9-6-7-11(8-12(9)17-10(2)19)18-14(20)13(16)15(3,4)5/h6-8,13H,16H2,1-5H3,(H,17,19)(H,18,20)/t13-/m1/s1. The van der Waals surface area contributed by atoms with Crippen LogP contribution in [0.5, 0.6) is 0 Å². The van der Waals surface area contributed by atoms with Crippen LogP contribution in [-0.4, -0.2) is 17.9 Å². The highest BCUT2D eigenvalue weighted by atomic mass is 16.2. The smallest absolute Gasteiger partial charge is 0.241 e. The molecule has 110 valence electrons. The zero-order valence-electron chi connectivity index (χ0n) is 12.7.